The van der Waals surface area contributed by atoms with Gasteiger partial charge in [-0.05, 0) is 36.1 Å². The van der Waals surface area contributed by atoms with E-state index in [0.29, 0.717) is 6.54 Å². The molecule has 2 aromatic heterocycles. The highest BCUT2D eigenvalue weighted by Gasteiger charge is 2.09. The highest BCUT2D eigenvalue weighted by Crippen LogP contribution is 2.15. The van der Waals surface area contributed by atoms with Gasteiger partial charge in [0.2, 0.25) is 0 Å². The van der Waals surface area contributed by atoms with Gasteiger partial charge in [-0.1, -0.05) is 6.07 Å². The van der Waals surface area contributed by atoms with Gasteiger partial charge in [0, 0.05) is 6.20 Å². The Bertz CT molecular complexity index is 479. The molecule has 16 heavy (non-hydrogen) atoms. The van der Waals surface area contributed by atoms with Crippen LogP contribution < -0.4 is 5.32 Å². The molecule has 2 heterocycles. The van der Waals surface area contributed by atoms with E-state index in [9.17, 15) is 4.79 Å². The minimum Gasteiger partial charge on any atom is -0.346 e. The maximum absolute atomic E-state index is 11.8. The highest BCUT2D eigenvalue weighted by molar-refractivity contribution is 7.12. The van der Waals surface area contributed by atoms with E-state index < -0.39 is 0 Å². The lowest BCUT2D eigenvalue weighted by atomic mass is 10.3. The Kier molecular flexibility index (Phi) is 3.31. The molecule has 0 bridgehead atoms. The fourth-order valence-electron chi connectivity index (χ4n) is 1.36. The largest absolute Gasteiger partial charge is 0.346 e. The van der Waals surface area contributed by atoms with Gasteiger partial charge in [-0.3, -0.25) is 9.78 Å². The van der Waals surface area contributed by atoms with Gasteiger partial charge < -0.3 is 5.32 Å². The Morgan fingerprint density at radius 2 is 2.31 bits per heavy atom. The minimum atomic E-state index is -0.0295. The Morgan fingerprint density at radius 3 is 2.94 bits per heavy atom. The number of amides is 1. The molecule has 1 N–H and O–H groups in total. The van der Waals surface area contributed by atoms with Gasteiger partial charge in [0.05, 0.1) is 17.1 Å². The van der Waals surface area contributed by atoms with Crippen LogP contribution in [0.5, 0.6) is 0 Å². The van der Waals surface area contributed by atoms with E-state index in [1.54, 1.807) is 6.20 Å². The average molecular weight is 232 g/mol. The maximum Gasteiger partial charge on any atom is 0.261 e. The van der Waals surface area contributed by atoms with Crippen LogP contribution in [0, 0.1) is 6.92 Å². The van der Waals surface area contributed by atoms with Crippen LogP contribution in [0.1, 0.15) is 20.9 Å². The number of thiophene rings is 1. The molecule has 0 aliphatic carbocycles. The molecule has 0 unspecified atom stereocenters. The number of rotatable bonds is 3. The van der Waals surface area contributed by atoms with Crippen LogP contribution in [0.4, 0.5) is 0 Å². The third-order valence-electron chi connectivity index (χ3n) is 2.22. The van der Waals surface area contributed by atoms with Gasteiger partial charge >= 0.3 is 0 Å². The molecular formula is C12H12N2OS. The summed E-state index contributed by atoms with van der Waals surface area (Å²) in [6.45, 7) is 2.41. The monoisotopic (exact) mass is 232 g/mol. The predicted octanol–water partition coefficient (Wildman–Crippen LogP) is 2.38. The number of hydrogen-bond donors (Lipinski definition) is 1. The maximum atomic E-state index is 11.8. The summed E-state index contributed by atoms with van der Waals surface area (Å²) in [6, 6.07) is 7.60. The summed E-state index contributed by atoms with van der Waals surface area (Å²) in [5.41, 5.74) is 1.88. The Balaban J connectivity index is 1.97. The van der Waals surface area contributed by atoms with E-state index in [1.165, 1.54) is 11.3 Å². The zero-order valence-corrected chi connectivity index (χ0v) is 9.75. The standard InChI is InChI=1S/C12H12N2OS/c1-9-5-7-16-11(9)12(15)14-8-10-4-2-3-6-13-10/h2-7H,8H2,1H3,(H,14,15). The predicted molar refractivity (Wildman–Crippen MR) is 64.5 cm³/mol. The molecule has 0 fully saturated rings. The van der Waals surface area contributed by atoms with E-state index in [2.05, 4.69) is 10.3 Å². The zero-order valence-electron chi connectivity index (χ0n) is 8.93. The van der Waals surface area contributed by atoms with E-state index in [-0.39, 0.29) is 5.91 Å². The first-order valence-corrected chi connectivity index (χ1v) is 5.87. The smallest absolute Gasteiger partial charge is 0.261 e. The van der Waals surface area contributed by atoms with Crippen molar-refractivity contribution in [1.29, 1.82) is 0 Å². The van der Waals surface area contributed by atoms with Crippen molar-refractivity contribution in [2.75, 3.05) is 0 Å². The second-order valence-electron chi connectivity index (χ2n) is 3.44. The van der Waals surface area contributed by atoms with E-state index in [0.717, 1.165) is 16.1 Å². The first kappa shape index (κ1) is 10.8. The summed E-state index contributed by atoms with van der Waals surface area (Å²) in [5, 5.41) is 4.77. The molecule has 2 aromatic rings. The molecule has 82 valence electrons. The number of carbonyl (C=O) groups is 1. The lowest BCUT2D eigenvalue weighted by Crippen LogP contribution is -2.22. The van der Waals surface area contributed by atoms with Crippen LogP contribution in [-0.4, -0.2) is 10.9 Å². The van der Waals surface area contributed by atoms with Crippen molar-refractivity contribution in [3.8, 4) is 0 Å². The van der Waals surface area contributed by atoms with Gasteiger partial charge in [0.1, 0.15) is 0 Å². The first-order chi connectivity index (χ1) is 7.77. The number of pyridine rings is 1. The number of hydrogen-bond acceptors (Lipinski definition) is 3. The van der Waals surface area contributed by atoms with E-state index in [4.69, 9.17) is 0 Å². The fourth-order valence-corrected chi connectivity index (χ4v) is 2.20. The molecule has 0 spiro atoms. The van der Waals surface area contributed by atoms with E-state index >= 15 is 0 Å². The topological polar surface area (TPSA) is 42.0 Å². The molecule has 0 aromatic carbocycles. The van der Waals surface area contributed by atoms with Crippen LogP contribution >= 0.6 is 11.3 Å². The summed E-state index contributed by atoms with van der Waals surface area (Å²) in [5.74, 6) is -0.0295. The molecule has 0 aliphatic heterocycles. The van der Waals surface area contributed by atoms with Crippen molar-refractivity contribution in [2.24, 2.45) is 0 Å². The summed E-state index contributed by atoms with van der Waals surface area (Å²) in [7, 11) is 0. The summed E-state index contributed by atoms with van der Waals surface area (Å²) in [4.78, 5) is 16.7. The molecular weight excluding hydrogens is 220 g/mol. The minimum absolute atomic E-state index is 0.0295. The Morgan fingerprint density at radius 1 is 1.44 bits per heavy atom. The normalized spacial score (nSPS) is 10.1. The fraction of sp³-hybridized carbons (Fsp3) is 0.167. The lowest BCUT2D eigenvalue weighted by molar-refractivity contribution is 0.0954. The van der Waals surface area contributed by atoms with Crippen molar-refractivity contribution >= 4 is 17.2 Å². The summed E-state index contributed by atoms with van der Waals surface area (Å²) in [6.07, 6.45) is 1.72. The quantitative estimate of drug-likeness (QED) is 0.882. The molecule has 0 saturated heterocycles. The molecule has 4 heteroatoms. The third-order valence-corrected chi connectivity index (χ3v) is 3.24. The van der Waals surface area contributed by atoms with Crippen molar-refractivity contribution in [3.05, 3.63) is 52.0 Å². The lowest BCUT2D eigenvalue weighted by Gasteiger charge is -2.03. The molecule has 0 atom stereocenters. The van der Waals surface area contributed by atoms with Crippen molar-refractivity contribution in [3.63, 3.8) is 0 Å². The second-order valence-corrected chi connectivity index (χ2v) is 4.35. The van der Waals surface area contributed by atoms with Crippen molar-refractivity contribution in [1.82, 2.24) is 10.3 Å². The van der Waals surface area contributed by atoms with Crippen LogP contribution in [0.15, 0.2) is 35.8 Å². The van der Waals surface area contributed by atoms with Crippen LogP contribution in [-0.2, 0) is 6.54 Å². The number of aryl methyl sites for hydroxylation is 1. The third kappa shape index (κ3) is 2.46. The first-order valence-electron chi connectivity index (χ1n) is 4.99. The highest BCUT2D eigenvalue weighted by atomic mass is 32.1. The molecule has 3 nitrogen and oxygen atoms in total. The zero-order chi connectivity index (χ0) is 11.4. The van der Waals surface area contributed by atoms with Crippen LogP contribution in [0.25, 0.3) is 0 Å². The number of aromatic nitrogens is 1. The van der Waals surface area contributed by atoms with Crippen molar-refractivity contribution in [2.45, 2.75) is 13.5 Å². The van der Waals surface area contributed by atoms with E-state index in [1.807, 2.05) is 36.6 Å². The van der Waals surface area contributed by atoms with Gasteiger partial charge in [0.15, 0.2) is 0 Å². The SMILES string of the molecule is Cc1ccsc1C(=O)NCc1ccccn1. The molecule has 0 saturated carbocycles. The molecule has 0 radical (unpaired) electrons. The van der Waals surface area contributed by atoms with Gasteiger partial charge in [-0.25, -0.2) is 0 Å². The Labute approximate surface area is 98.2 Å². The van der Waals surface area contributed by atoms with Crippen molar-refractivity contribution < 1.29 is 4.79 Å². The second kappa shape index (κ2) is 4.90. The van der Waals surface area contributed by atoms with Gasteiger partial charge in [-0.2, -0.15) is 0 Å². The summed E-state index contributed by atoms with van der Waals surface area (Å²) >= 11 is 1.46. The number of carbonyl (C=O) groups excluding carboxylic acids is 1. The van der Waals surface area contributed by atoms with Gasteiger partial charge in [-0.15, -0.1) is 11.3 Å². The average Bonchev–Trinajstić information content (AvgIpc) is 2.74. The Hall–Kier alpha value is -1.68. The van der Waals surface area contributed by atoms with Gasteiger partial charge in [0.25, 0.3) is 5.91 Å². The van der Waals surface area contributed by atoms with Crippen LogP contribution in [0.3, 0.4) is 0 Å². The molecule has 0 aliphatic rings. The summed E-state index contributed by atoms with van der Waals surface area (Å²) < 4.78 is 0. The molecule has 2 rings (SSSR count). The number of nitrogens with zero attached hydrogens (tertiary/aromatic N) is 1. The number of nitrogens with one attached hydrogen (secondary N) is 1. The van der Waals surface area contributed by atoms with Crippen LogP contribution in [0.2, 0.25) is 0 Å². The molecule has 1 amide bonds.